The number of hydrogen-bond acceptors (Lipinski definition) is 2. The molecule has 2 aliphatic rings. The standard InChI is InChI=1S/C17H24N2O/c1-13(20)18(2)17-8-6-15-11-14(5-7-16(15)17)12-19-9-3-4-10-19/h5,7,11,17H,3-4,6,8-10,12H2,1-2H3. The lowest BCUT2D eigenvalue weighted by atomic mass is 10.0. The fourth-order valence-corrected chi connectivity index (χ4v) is 3.57. The first-order chi connectivity index (χ1) is 9.65. The molecule has 1 saturated heterocycles. The second-order valence-corrected chi connectivity index (χ2v) is 6.20. The summed E-state index contributed by atoms with van der Waals surface area (Å²) < 4.78 is 0. The summed E-state index contributed by atoms with van der Waals surface area (Å²) in [4.78, 5) is 16.0. The Morgan fingerprint density at radius 2 is 2.10 bits per heavy atom. The highest BCUT2D eigenvalue weighted by Gasteiger charge is 2.27. The van der Waals surface area contributed by atoms with Gasteiger partial charge in [0, 0.05) is 20.5 Å². The van der Waals surface area contributed by atoms with Crippen molar-refractivity contribution in [3.63, 3.8) is 0 Å². The minimum atomic E-state index is 0.156. The number of amides is 1. The van der Waals surface area contributed by atoms with Gasteiger partial charge in [0.2, 0.25) is 5.91 Å². The predicted molar refractivity (Wildman–Crippen MR) is 80.5 cm³/mol. The molecule has 1 amide bonds. The van der Waals surface area contributed by atoms with Gasteiger partial charge < -0.3 is 4.90 Å². The molecule has 0 saturated carbocycles. The van der Waals surface area contributed by atoms with Crippen LogP contribution in [0, 0.1) is 0 Å². The van der Waals surface area contributed by atoms with Crippen molar-refractivity contribution in [3.05, 3.63) is 34.9 Å². The lowest BCUT2D eigenvalue weighted by Crippen LogP contribution is -2.27. The molecule has 108 valence electrons. The van der Waals surface area contributed by atoms with Gasteiger partial charge >= 0.3 is 0 Å². The van der Waals surface area contributed by atoms with Crippen molar-refractivity contribution in [2.45, 2.75) is 45.2 Å². The van der Waals surface area contributed by atoms with Gasteiger partial charge in [0.05, 0.1) is 6.04 Å². The number of rotatable bonds is 3. The van der Waals surface area contributed by atoms with Crippen LogP contribution in [0.25, 0.3) is 0 Å². The van der Waals surface area contributed by atoms with Crippen LogP contribution in [0.15, 0.2) is 18.2 Å². The SMILES string of the molecule is CC(=O)N(C)C1CCc2cc(CN3CCCC3)ccc21. The Kier molecular flexibility index (Phi) is 3.79. The van der Waals surface area contributed by atoms with Crippen molar-refractivity contribution in [2.24, 2.45) is 0 Å². The topological polar surface area (TPSA) is 23.6 Å². The summed E-state index contributed by atoms with van der Waals surface area (Å²) in [6.07, 6.45) is 4.86. The van der Waals surface area contributed by atoms with Crippen LogP contribution in [-0.2, 0) is 17.8 Å². The van der Waals surface area contributed by atoms with Gasteiger partial charge in [-0.05, 0) is 55.5 Å². The fraction of sp³-hybridized carbons (Fsp3) is 0.588. The molecule has 1 heterocycles. The summed E-state index contributed by atoms with van der Waals surface area (Å²) in [5.41, 5.74) is 4.23. The quantitative estimate of drug-likeness (QED) is 0.844. The summed E-state index contributed by atoms with van der Waals surface area (Å²) in [5.74, 6) is 0.156. The second-order valence-electron chi connectivity index (χ2n) is 6.20. The highest BCUT2D eigenvalue weighted by molar-refractivity contribution is 5.73. The van der Waals surface area contributed by atoms with E-state index >= 15 is 0 Å². The molecular formula is C17H24N2O. The third-order valence-corrected chi connectivity index (χ3v) is 4.82. The maximum atomic E-state index is 11.6. The summed E-state index contributed by atoms with van der Waals surface area (Å²) >= 11 is 0. The van der Waals surface area contributed by atoms with Crippen LogP contribution in [0.4, 0.5) is 0 Å². The van der Waals surface area contributed by atoms with Crippen molar-refractivity contribution in [1.82, 2.24) is 9.80 Å². The number of carbonyl (C=O) groups excluding carboxylic acids is 1. The van der Waals surface area contributed by atoms with Crippen molar-refractivity contribution < 1.29 is 4.79 Å². The first kappa shape index (κ1) is 13.6. The average molecular weight is 272 g/mol. The van der Waals surface area contributed by atoms with Crippen LogP contribution >= 0.6 is 0 Å². The Morgan fingerprint density at radius 3 is 2.80 bits per heavy atom. The van der Waals surface area contributed by atoms with Gasteiger partial charge in [0.15, 0.2) is 0 Å². The lowest BCUT2D eigenvalue weighted by Gasteiger charge is -2.24. The van der Waals surface area contributed by atoms with Gasteiger partial charge in [-0.15, -0.1) is 0 Å². The van der Waals surface area contributed by atoms with Crippen LogP contribution in [0.3, 0.4) is 0 Å². The van der Waals surface area contributed by atoms with E-state index in [1.165, 1.54) is 42.6 Å². The van der Waals surface area contributed by atoms with Crippen molar-refractivity contribution in [3.8, 4) is 0 Å². The van der Waals surface area contributed by atoms with E-state index in [0.29, 0.717) is 0 Å². The van der Waals surface area contributed by atoms with E-state index in [-0.39, 0.29) is 11.9 Å². The molecule has 0 bridgehead atoms. The number of nitrogens with zero attached hydrogens (tertiary/aromatic N) is 2. The molecule has 0 aromatic heterocycles. The summed E-state index contributed by atoms with van der Waals surface area (Å²) in [7, 11) is 1.92. The van der Waals surface area contributed by atoms with Gasteiger partial charge in [-0.1, -0.05) is 18.2 Å². The first-order valence-corrected chi connectivity index (χ1v) is 7.72. The van der Waals surface area contributed by atoms with E-state index < -0.39 is 0 Å². The number of carbonyl (C=O) groups is 1. The predicted octanol–water partition coefficient (Wildman–Crippen LogP) is 2.75. The molecule has 1 aliphatic heterocycles. The van der Waals surface area contributed by atoms with Crippen molar-refractivity contribution >= 4 is 5.91 Å². The Labute approximate surface area is 121 Å². The summed E-state index contributed by atoms with van der Waals surface area (Å²) in [6, 6.07) is 7.14. The normalized spacial score (nSPS) is 22.0. The molecule has 1 aromatic rings. The van der Waals surface area contributed by atoms with Crippen LogP contribution in [0.5, 0.6) is 0 Å². The number of fused-ring (bicyclic) bond motifs is 1. The Bertz CT molecular complexity index is 506. The lowest BCUT2D eigenvalue weighted by molar-refractivity contribution is -0.129. The third-order valence-electron chi connectivity index (χ3n) is 4.82. The van der Waals surface area contributed by atoms with Gasteiger partial charge in [-0.2, -0.15) is 0 Å². The van der Waals surface area contributed by atoms with Crippen molar-refractivity contribution in [2.75, 3.05) is 20.1 Å². The zero-order valence-electron chi connectivity index (χ0n) is 12.6. The molecule has 3 heteroatoms. The van der Waals surface area contributed by atoms with Gasteiger partial charge in [-0.25, -0.2) is 0 Å². The Hall–Kier alpha value is -1.35. The van der Waals surface area contributed by atoms with Crippen LogP contribution < -0.4 is 0 Å². The van der Waals surface area contributed by atoms with Crippen LogP contribution in [0.1, 0.15) is 48.9 Å². The molecule has 3 nitrogen and oxygen atoms in total. The van der Waals surface area contributed by atoms with E-state index in [9.17, 15) is 4.79 Å². The minimum Gasteiger partial charge on any atom is -0.339 e. The largest absolute Gasteiger partial charge is 0.339 e. The molecule has 1 unspecified atom stereocenters. The molecule has 20 heavy (non-hydrogen) atoms. The zero-order valence-corrected chi connectivity index (χ0v) is 12.6. The Morgan fingerprint density at radius 1 is 1.35 bits per heavy atom. The molecule has 1 aromatic carbocycles. The molecule has 1 fully saturated rings. The zero-order chi connectivity index (χ0) is 14.1. The van der Waals surface area contributed by atoms with E-state index in [1.54, 1.807) is 6.92 Å². The fourth-order valence-electron chi connectivity index (χ4n) is 3.57. The number of likely N-dealkylation sites (tertiary alicyclic amines) is 1. The van der Waals surface area contributed by atoms with E-state index in [0.717, 1.165) is 19.4 Å². The molecule has 0 radical (unpaired) electrons. The third kappa shape index (κ3) is 2.59. The number of benzene rings is 1. The van der Waals surface area contributed by atoms with Crippen LogP contribution in [0.2, 0.25) is 0 Å². The Balaban J connectivity index is 1.75. The highest BCUT2D eigenvalue weighted by atomic mass is 16.2. The summed E-state index contributed by atoms with van der Waals surface area (Å²) in [5, 5.41) is 0. The van der Waals surface area contributed by atoms with E-state index in [1.807, 2.05) is 11.9 Å². The number of hydrogen-bond donors (Lipinski definition) is 0. The van der Waals surface area contributed by atoms with E-state index in [4.69, 9.17) is 0 Å². The molecule has 0 N–H and O–H groups in total. The maximum absolute atomic E-state index is 11.6. The van der Waals surface area contributed by atoms with Gasteiger partial charge in [-0.3, -0.25) is 9.69 Å². The molecular weight excluding hydrogens is 248 g/mol. The number of aryl methyl sites for hydroxylation is 1. The maximum Gasteiger partial charge on any atom is 0.219 e. The van der Waals surface area contributed by atoms with E-state index in [2.05, 4.69) is 23.1 Å². The van der Waals surface area contributed by atoms with Crippen molar-refractivity contribution in [1.29, 1.82) is 0 Å². The molecule has 3 rings (SSSR count). The van der Waals surface area contributed by atoms with Crippen LogP contribution in [-0.4, -0.2) is 35.8 Å². The van der Waals surface area contributed by atoms with Gasteiger partial charge in [0.25, 0.3) is 0 Å². The molecule has 1 aliphatic carbocycles. The van der Waals surface area contributed by atoms with Gasteiger partial charge in [0.1, 0.15) is 0 Å². The smallest absolute Gasteiger partial charge is 0.219 e. The minimum absolute atomic E-state index is 0.156. The average Bonchev–Trinajstić information content (AvgIpc) is 3.06. The first-order valence-electron chi connectivity index (χ1n) is 7.72. The summed E-state index contributed by atoms with van der Waals surface area (Å²) in [6.45, 7) is 5.22. The molecule has 0 spiro atoms. The monoisotopic (exact) mass is 272 g/mol. The highest BCUT2D eigenvalue weighted by Crippen LogP contribution is 2.35. The molecule has 1 atom stereocenters. The second kappa shape index (κ2) is 5.57.